The first-order chi connectivity index (χ1) is 32.5. The molecule has 0 fully saturated rings. The Morgan fingerprint density at radius 3 is 0.884 bits per heavy atom. The summed E-state index contributed by atoms with van der Waals surface area (Å²) in [6, 6.07) is -1.50. The molecule has 0 aliphatic rings. The average molecular weight is 1020 g/mol. The fourth-order valence-electron chi connectivity index (χ4n) is 7.80. The zero-order valence-electron chi connectivity index (χ0n) is 40.0. The fourth-order valence-corrected chi connectivity index (χ4v) is 9.76. The van der Waals surface area contributed by atoms with E-state index in [-0.39, 0.29) is 75.1 Å². The molecule has 3 heterocycles. The van der Waals surface area contributed by atoms with E-state index >= 15 is 0 Å². The number of hydrogen-bond donors (Lipinski definition) is 15. The highest BCUT2D eigenvalue weighted by Crippen LogP contribution is 2.27. The van der Waals surface area contributed by atoms with Crippen molar-refractivity contribution in [1.29, 1.82) is 0 Å². The van der Waals surface area contributed by atoms with Gasteiger partial charge < -0.3 is 75.1 Å². The molecule has 24 nitrogen and oxygen atoms in total. The number of carbonyl (C=O) groups excluding carboxylic acids is 3. The molecule has 0 radical (unpaired) electrons. The van der Waals surface area contributed by atoms with Crippen molar-refractivity contribution in [3.63, 3.8) is 0 Å². The Balaban J connectivity index is 1.40. The van der Waals surface area contributed by atoms with Gasteiger partial charge >= 0.3 is 44.5 Å². The van der Waals surface area contributed by atoms with Crippen molar-refractivity contribution in [2.75, 3.05) is 39.3 Å². The van der Waals surface area contributed by atoms with E-state index < -0.39 is 26.4 Å². The lowest BCUT2D eigenvalue weighted by Crippen LogP contribution is -2.39. The maximum Gasteiger partial charge on any atom is 0.492 e. The van der Waals surface area contributed by atoms with Gasteiger partial charge in [0.05, 0.1) is 19.6 Å². The third kappa shape index (κ3) is 22.1. The quantitative estimate of drug-likeness (QED) is 0.0141. The molecular formula is C42H75N12O12Si3+3. The summed E-state index contributed by atoms with van der Waals surface area (Å²) >= 11 is 0. The number of hydrogen-bond acceptors (Lipinski definition) is 12. The average Bonchev–Trinajstić information content (AvgIpc) is 4.04. The van der Waals surface area contributed by atoms with E-state index in [2.05, 4.69) is 99.1 Å². The summed E-state index contributed by atoms with van der Waals surface area (Å²) in [5, 5.41) is 16.4. The summed E-state index contributed by atoms with van der Waals surface area (Å²) in [7, 11) is -12.4. The molecule has 27 heteroatoms. The summed E-state index contributed by atoms with van der Waals surface area (Å²) in [4.78, 5) is 119. The number of nitrogens with one attached hydrogen (secondary N) is 6. The van der Waals surface area contributed by atoms with Crippen molar-refractivity contribution >= 4 is 44.5 Å². The minimum Gasteiger partial charge on any atom is -0.390 e. The molecule has 1 aromatic carbocycles. The van der Waals surface area contributed by atoms with Crippen LogP contribution in [-0.2, 0) is 39.3 Å². The molecular weight excluding hydrogens is 949 g/mol. The normalized spacial score (nSPS) is 12.0. The lowest BCUT2D eigenvalue weighted by Gasteiger charge is -2.20. The standard InChI is InChI=1S/C42H72N12O12Si3/c1-34-37(28-52-22-19-49(31-52)16-4-10-43-40(55)46-13-7-25-67(58,59)60)35(2)39(30-54-24-21-51(33-54)18-6-12-45-42(57)48-15-9-27-69(64,65)66)36(3)38(34)29-53-23-20-50(32-53)17-5-11-44-41(56)47-14-8-26-68(61,62)63/h19-24,31-33,58-66H,4-18,25-30H2,1-3H3,(H3-3,43,44,45,46,47,48,55,56,57)/p+3. The monoisotopic (exact) mass is 1020 g/mol. The molecule has 0 aliphatic heterocycles. The van der Waals surface area contributed by atoms with Gasteiger partial charge in [0.1, 0.15) is 56.8 Å². The van der Waals surface area contributed by atoms with Gasteiger partial charge in [-0.2, -0.15) is 0 Å². The Bertz CT molecular complexity index is 1970. The summed E-state index contributed by atoms with van der Waals surface area (Å²) < 4.78 is 12.7. The number of nitrogens with zero attached hydrogens (tertiary/aromatic N) is 6. The Morgan fingerprint density at radius 1 is 0.420 bits per heavy atom. The molecule has 0 aliphatic carbocycles. The molecule has 0 saturated heterocycles. The number of aromatic nitrogens is 6. The molecule has 0 spiro atoms. The van der Waals surface area contributed by atoms with Gasteiger partial charge in [0.2, 0.25) is 19.0 Å². The topological polar surface area (TPSA) is 332 Å². The lowest BCUT2D eigenvalue weighted by molar-refractivity contribution is -0.690. The second-order valence-corrected chi connectivity index (χ2v) is 23.7. The Morgan fingerprint density at radius 2 is 0.652 bits per heavy atom. The first kappa shape index (κ1) is 56.5. The van der Waals surface area contributed by atoms with Crippen LogP contribution < -0.4 is 45.6 Å². The van der Waals surface area contributed by atoms with Crippen LogP contribution in [0.25, 0.3) is 0 Å². The van der Waals surface area contributed by atoms with Crippen molar-refractivity contribution < 1.29 is 71.2 Å². The van der Waals surface area contributed by atoms with Crippen molar-refractivity contribution in [3.8, 4) is 0 Å². The van der Waals surface area contributed by atoms with Gasteiger partial charge in [0.25, 0.3) is 0 Å². The molecule has 384 valence electrons. The van der Waals surface area contributed by atoms with Crippen LogP contribution in [0.3, 0.4) is 0 Å². The molecule has 0 unspecified atom stereocenters. The Hall–Kier alpha value is -5.05. The molecule has 0 bridgehead atoms. The number of benzene rings is 1. The highest BCUT2D eigenvalue weighted by molar-refractivity contribution is 6.56. The first-order valence-corrected chi connectivity index (χ1v) is 29.5. The van der Waals surface area contributed by atoms with E-state index in [0.29, 0.717) is 78.2 Å². The van der Waals surface area contributed by atoms with E-state index in [4.69, 9.17) is 43.2 Å². The van der Waals surface area contributed by atoms with Crippen LogP contribution in [-0.4, -0.2) is 141 Å². The van der Waals surface area contributed by atoms with Crippen LogP contribution in [0.1, 0.15) is 71.9 Å². The number of amides is 6. The lowest BCUT2D eigenvalue weighted by atomic mass is 9.87. The summed E-state index contributed by atoms with van der Waals surface area (Å²) in [6.45, 7) is 12.4. The van der Waals surface area contributed by atoms with E-state index in [1.807, 2.05) is 37.2 Å². The van der Waals surface area contributed by atoms with Crippen LogP contribution in [0.2, 0.25) is 18.1 Å². The van der Waals surface area contributed by atoms with Crippen LogP contribution in [0, 0.1) is 20.8 Å². The van der Waals surface area contributed by atoms with Gasteiger partial charge in [-0.3, -0.25) is 0 Å². The fraction of sp³-hybridized carbons (Fsp3) is 0.571. The van der Waals surface area contributed by atoms with E-state index in [1.165, 1.54) is 33.4 Å². The molecule has 6 amide bonds. The number of imidazole rings is 3. The summed E-state index contributed by atoms with van der Waals surface area (Å²) in [5.41, 5.74) is 7.21. The van der Waals surface area contributed by atoms with Crippen LogP contribution in [0.5, 0.6) is 0 Å². The minimum atomic E-state index is -4.12. The summed E-state index contributed by atoms with van der Waals surface area (Å²) in [5.74, 6) is 0. The molecule has 3 aromatic heterocycles. The van der Waals surface area contributed by atoms with Gasteiger partial charge in [-0.15, -0.1) is 0 Å². The minimum absolute atomic E-state index is 0.141. The third-order valence-electron chi connectivity index (χ3n) is 11.5. The zero-order chi connectivity index (χ0) is 50.6. The van der Waals surface area contributed by atoms with Crippen LogP contribution in [0.4, 0.5) is 14.4 Å². The molecule has 4 aromatic rings. The maximum atomic E-state index is 12.1. The van der Waals surface area contributed by atoms with Gasteiger partial charge in [-0.25, -0.2) is 41.8 Å². The SMILES string of the molecule is Cc1c(C[n+]2ccn(CCCNC(=O)NCCC[Si](O)(O)O)c2)c(C)c(C[n+]2ccn(CCCNC(=O)NCCC[Si](O)(O)O)c2)c(C)c1C[n+]1ccn(CCCNC(=O)NCCC[Si](O)(O)O)c1. The van der Waals surface area contributed by atoms with E-state index in [1.54, 1.807) is 0 Å². The van der Waals surface area contributed by atoms with Crippen LogP contribution >= 0.6 is 0 Å². The Kier molecular flexibility index (Phi) is 22.4. The van der Waals surface area contributed by atoms with E-state index in [9.17, 15) is 14.4 Å². The largest absolute Gasteiger partial charge is 0.492 e. The zero-order valence-corrected chi connectivity index (χ0v) is 43.0. The number of carbonyl (C=O) groups is 3. The second-order valence-electron chi connectivity index (χ2n) is 17.5. The number of aryl methyl sites for hydroxylation is 3. The number of urea groups is 3. The Labute approximate surface area is 405 Å². The second kappa shape index (κ2) is 27.4. The predicted octanol–water partition coefficient (Wildman–Crippen LogP) is -2.99. The predicted molar refractivity (Wildman–Crippen MR) is 255 cm³/mol. The van der Waals surface area contributed by atoms with Crippen LogP contribution in [0.15, 0.2) is 56.2 Å². The van der Waals surface area contributed by atoms with Crippen molar-refractivity contribution in [3.05, 3.63) is 89.5 Å². The highest BCUT2D eigenvalue weighted by atomic mass is 28.4. The first-order valence-electron chi connectivity index (χ1n) is 23.4. The number of rotatable bonds is 30. The molecule has 69 heavy (non-hydrogen) atoms. The third-order valence-corrected chi connectivity index (χ3v) is 14.6. The molecule has 0 atom stereocenters. The van der Waals surface area contributed by atoms with Gasteiger partial charge in [-0.1, -0.05) is 0 Å². The molecule has 0 saturated carbocycles. The van der Waals surface area contributed by atoms with Gasteiger partial charge in [0, 0.05) is 93.4 Å². The maximum absolute atomic E-state index is 12.1. The van der Waals surface area contributed by atoms with E-state index in [0.717, 1.165) is 0 Å². The van der Waals surface area contributed by atoms with Crippen molar-refractivity contribution in [1.82, 2.24) is 45.6 Å². The summed E-state index contributed by atoms with van der Waals surface area (Å²) in [6.07, 6.45) is 21.1. The van der Waals surface area contributed by atoms with Crippen molar-refractivity contribution in [2.45, 2.75) is 117 Å². The van der Waals surface area contributed by atoms with Gasteiger partial charge in [-0.05, 0) is 56.7 Å². The van der Waals surface area contributed by atoms with Gasteiger partial charge in [0.15, 0.2) is 0 Å². The highest BCUT2D eigenvalue weighted by Gasteiger charge is 2.28. The van der Waals surface area contributed by atoms with Crippen molar-refractivity contribution in [2.24, 2.45) is 0 Å². The smallest absolute Gasteiger partial charge is 0.390 e. The molecule has 4 rings (SSSR count). The molecule has 15 N–H and O–H groups in total.